The molecule has 1 rings (SSSR count). The van der Waals surface area contributed by atoms with E-state index in [2.05, 4.69) is 6.08 Å². The first-order valence-corrected chi connectivity index (χ1v) is 3.60. The van der Waals surface area contributed by atoms with Crippen LogP contribution in [0.5, 0.6) is 0 Å². The molecule has 0 atom stereocenters. The van der Waals surface area contributed by atoms with Gasteiger partial charge in [-0.05, 0) is 24.8 Å². The topological polar surface area (TPSA) is 18.5 Å². The smallest absolute Gasteiger partial charge is 0.176 e. The standard InChI is InChI=1S/C8H14O2/c1-9-8(10-2)6-5-7-3-4-7/h5-8H,3-4H2,1-2H3. The van der Waals surface area contributed by atoms with Gasteiger partial charge < -0.3 is 9.47 Å². The average Bonchev–Trinajstić information content (AvgIpc) is 2.74. The summed E-state index contributed by atoms with van der Waals surface area (Å²) in [5.41, 5.74) is 0. The fourth-order valence-corrected chi connectivity index (χ4v) is 0.790. The number of hydrogen-bond donors (Lipinski definition) is 0. The molecule has 0 heterocycles. The number of hydrogen-bond acceptors (Lipinski definition) is 2. The maximum Gasteiger partial charge on any atom is 0.176 e. The zero-order chi connectivity index (χ0) is 7.40. The van der Waals surface area contributed by atoms with Crippen LogP contribution in [0.25, 0.3) is 0 Å². The van der Waals surface area contributed by atoms with Crippen LogP contribution in [-0.4, -0.2) is 20.5 Å². The van der Waals surface area contributed by atoms with Gasteiger partial charge in [0.1, 0.15) is 0 Å². The summed E-state index contributed by atoms with van der Waals surface area (Å²) in [4.78, 5) is 0. The lowest BCUT2D eigenvalue weighted by Crippen LogP contribution is -2.08. The largest absolute Gasteiger partial charge is 0.352 e. The Hall–Kier alpha value is -0.340. The lowest BCUT2D eigenvalue weighted by atomic mass is 10.3. The molecule has 1 fully saturated rings. The molecule has 0 radical (unpaired) electrons. The highest BCUT2D eigenvalue weighted by Crippen LogP contribution is 2.30. The highest BCUT2D eigenvalue weighted by Gasteiger charge is 2.17. The van der Waals surface area contributed by atoms with E-state index >= 15 is 0 Å². The van der Waals surface area contributed by atoms with Crippen LogP contribution in [0.1, 0.15) is 12.8 Å². The lowest BCUT2D eigenvalue weighted by molar-refractivity contribution is -0.0668. The molecular formula is C8H14O2. The van der Waals surface area contributed by atoms with Crippen LogP contribution < -0.4 is 0 Å². The minimum Gasteiger partial charge on any atom is -0.352 e. The van der Waals surface area contributed by atoms with Crippen molar-refractivity contribution in [3.8, 4) is 0 Å². The van der Waals surface area contributed by atoms with Crippen molar-refractivity contribution in [2.45, 2.75) is 19.1 Å². The lowest BCUT2D eigenvalue weighted by Gasteiger charge is -2.06. The number of allylic oxidation sites excluding steroid dienone is 1. The first-order valence-electron chi connectivity index (χ1n) is 3.60. The molecule has 0 amide bonds. The van der Waals surface area contributed by atoms with Gasteiger partial charge in [0.05, 0.1) is 0 Å². The van der Waals surface area contributed by atoms with Crippen LogP contribution in [0.4, 0.5) is 0 Å². The van der Waals surface area contributed by atoms with Crippen molar-refractivity contribution in [3.05, 3.63) is 12.2 Å². The van der Waals surface area contributed by atoms with Crippen molar-refractivity contribution >= 4 is 0 Å². The van der Waals surface area contributed by atoms with E-state index in [-0.39, 0.29) is 6.29 Å². The maximum absolute atomic E-state index is 4.97. The van der Waals surface area contributed by atoms with E-state index in [0.717, 1.165) is 5.92 Å². The molecule has 1 aliphatic carbocycles. The normalized spacial score (nSPS) is 19.1. The minimum absolute atomic E-state index is 0.152. The fraction of sp³-hybridized carbons (Fsp3) is 0.750. The third-order valence-corrected chi connectivity index (χ3v) is 1.63. The van der Waals surface area contributed by atoms with E-state index in [4.69, 9.17) is 9.47 Å². The maximum atomic E-state index is 4.97. The van der Waals surface area contributed by atoms with Crippen molar-refractivity contribution in [1.82, 2.24) is 0 Å². The Morgan fingerprint density at radius 1 is 1.30 bits per heavy atom. The zero-order valence-electron chi connectivity index (χ0n) is 6.54. The van der Waals surface area contributed by atoms with E-state index < -0.39 is 0 Å². The monoisotopic (exact) mass is 142 g/mol. The second kappa shape index (κ2) is 3.74. The van der Waals surface area contributed by atoms with Crippen molar-refractivity contribution in [3.63, 3.8) is 0 Å². The molecule has 0 aromatic carbocycles. The van der Waals surface area contributed by atoms with Gasteiger partial charge in [-0.1, -0.05) is 6.08 Å². The van der Waals surface area contributed by atoms with Crippen LogP contribution >= 0.6 is 0 Å². The summed E-state index contributed by atoms with van der Waals surface area (Å²) in [6.45, 7) is 0. The molecule has 0 bridgehead atoms. The summed E-state index contributed by atoms with van der Waals surface area (Å²) in [5, 5.41) is 0. The third kappa shape index (κ3) is 2.50. The van der Waals surface area contributed by atoms with Gasteiger partial charge in [-0.25, -0.2) is 0 Å². The molecule has 1 aliphatic rings. The van der Waals surface area contributed by atoms with Gasteiger partial charge >= 0.3 is 0 Å². The molecule has 0 aliphatic heterocycles. The van der Waals surface area contributed by atoms with E-state index in [9.17, 15) is 0 Å². The molecular weight excluding hydrogens is 128 g/mol. The minimum atomic E-state index is -0.152. The first-order chi connectivity index (χ1) is 4.86. The average molecular weight is 142 g/mol. The quantitative estimate of drug-likeness (QED) is 0.438. The van der Waals surface area contributed by atoms with Gasteiger partial charge in [-0.3, -0.25) is 0 Å². The van der Waals surface area contributed by atoms with Gasteiger partial charge in [-0.2, -0.15) is 0 Å². The van der Waals surface area contributed by atoms with Crippen LogP contribution in [0.15, 0.2) is 12.2 Å². The molecule has 1 saturated carbocycles. The molecule has 0 unspecified atom stereocenters. The van der Waals surface area contributed by atoms with Crippen molar-refractivity contribution in [2.24, 2.45) is 5.92 Å². The number of ether oxygens (including phenoxy) is 2. The van der Waals surface area contributed by atoms with E-state index in [1.807, 2.05) is 6.08 Å². The van der Waals surface area contributed by atoms with E-state index in [1.165, 1.54) is 12.8 Å². The summed E-state index contributed by atoms with van der Waals surface area (Å²) >= 11 is 0. The Bertz CT molecular complexity index is 112. The Morgan fingerprint density at radius 3 is 2.30 bits per heavy atom. The molecule has 2 heteroatoms. The van der Waals surface area contributed by atoms with E-state index in [0.29, 0.717) is 0 Å². The second-order valence-electron chi connectivity index (χ2n) is 2.56. The molecule has 0 saturated heterocycles. The first kappa shape index (κ1) is 7.76. The van der Waals surface area contributed by atoms with Gasteiger partial charge in [-0.15, -0.1) is 0 Å². The number of methoxy groups -OCH3 is 2. The predicted octanol–water partition coefficient (Wildman–Crippen LogP) is 1.57. The van der Waals surface area contributed by atoms with Crippen LogP contribution in [0.3, 0.4) is 0 Å². The molecule has 0 spiro atoms. The van der Waals surface area contributed by atoms with Gasteiger partial charge in [0, 0.05) is 14.2 Å². The molecule has 10 heavy (non-hydrogen) atoms. The van der Waals surface area contributed by atoms with Crippen molar-refractivity contribution in [2.75, 3.05) is 14.2 Å². The third-order valence-electron chi connectivity index (χ3n) is 1.63. The van der Waals surface area contributed by atoms with Crippen LogP contribution in [0.2, 0.25) is 0 Å². The summed E-state index contributed by atoms with van der Waals surface area (Å²) in [7, 11) is 3.29. The Kier molecular flexibility index (Phi) is 2.90. The molecule has 0 N–H and O–H groups in total. The predicted molar refractivity (Wildman–Crippen MR) is 39.7 cm³/mol. The molecule has 58 valence electrons. The summed E-state index contributed by atoms with van der Waals surface area (Å²) in [6.07, 6.45) is 6.64. The van der Waals surface area contributed by atoms with Crippen LogP contribution in [0, 0.1) is 5.92 Å². The fourth-order valence-electron chi connectivity index (χ4n) is 0.790. The molecule has 0 aromatic heterocycles. The Balaban J connectivity index is 2.18. The van der Waals surface area contributed by atoms with Crippen molar-refractivity contribution in [1.29, 1.82) is 0 Å². The summed E-state index contributed by atoms with van der Waals surface area (Å²) in [5.74, 6) is 0.799. The Labute approximate surface area is 61.8 Å². The van der Waals surface area contributed by atoms with E-state index in [1.54, 1.807) is 14.2 Å². The summed E-state index contributed by atoms with van der Waals surface area (Å²) < 4.78 is 9.94. The highest BCUT2D eigenvalue weighted by atomic mass is 16.7. The van der Waals surface area contributed by atoms with Gasteiger partial charge in [0.25, 0.3) is 0 Å². The highest BCUT2D eigenvalue weighted by molar-refractivity contribution is 4.97. The van der Waals surface area contributed by atoms with Gasteiger partial charge in [0.2, 0.25) is 0 Å². The molecule has 2 nitrogen and oxygen atoms in total. The number of rotatable bonds is 4. The van der Waals surface area contributed by atoms with Crippen LogP contribution in [-0.2, 0) is 9.47 Å². The summed E-state index contributed by atoms with van der Waals surface area (Å²) in [6, 6.07) is 0. The SMILES string of the molecule is COC(C=CC1CC1)OC. The second-order valence-corrected chi connectivity index (χ2v) is 2.56. The Morgan fingerprint density at radius 2 is 1.90 bits per heavy atom. The molecule has 0 aromatic rings. The zero-order valence-corrected chi connectivity index (χ0v) is 6.54. The van der Waals surface area contributed by atoms with Crippen molar-refractivity contribution < 1.29 is 9.47 Å². The van der Waals surface area contributed by atoms with Gasteiger partial charge in [0.15, 0.2) is 6.29 Å².